The Balaban J connectivity index is 1.59. The monoisotopic (exact) mass is 350 g/mol. The van der Waals surface area contributed by atoms with Gasteiger partial charge in [0.2, 0.25) is 0 Å². The zero-order valence-electron chi connectivity index (χ0n) is 14.2. The van der Waals surface area contributed by atoms with Crippen molar-refractivity contribution in [2.45, 2.75) is 6.54 Å². The molecule has 0 saturated carbocycles. The number of benzene rings is 2. The van der Waals surface area contributed by atoms with Gasteiger partial charge < -0.3 is 9.64 Å². The minimum atomic E-state index is -0.356. The fourth-order valence-electron chi connectivity index (χ4n) is 3.28. The number of ether oxygens (including phenoxy) is 1. The van der Waals surface area contributed by atoms with E-state index in [0.717, 1.165) is 5.56 Å². The third-order valence-corrected chi connectivity index (χ3v) is 4.70. The predicted molar refractivity (Wildman–Crippen MR) is 93.8 cm³/mol. The van der Waals surface area contributed by atoms with Crippen LogP contribution in [0.5, 0.6) is 0 Å². The zero-order chi connectivity index (χ0) is 18.1. The van der Waals surface area contributed by atoms with E-state index in [9.17, 15) is 14.4 Å². The molecule has 3 amide bonds. The SMILES string of the molecule is O=C(c1ccc2c(c1)C(=O)N(Cc1ccccc1)C2=O)N1CCOCC1. The number of carbonyl (C=O) groups excluding carboxylic acids is 3. The molecule has 0 N–H and O–H groups in total. The summed E-state index contributed by atoms with van der Waals surface area (Å²) in [5.41, 5.74) is 1.95. The van der Waals surface area contributed by atoms with Crippen molar-refractivity contribution in [1.29, 1.82) is 0 Å². The largest absolute Gasteiger partial charge is 0.378 e. The quantitative estimate of drug-likeness (QED) is 0.794. The molecule has 2 aromatic rings. The molecular weight excluding hydrogens is 332 g/mol. The lowest BCUT2D eigenvalue weighted by atomic mass is 10.0. The van der Waals surface area contributed by atoms with Crippen LogP contribution in [0, 0.1) is 0 Å². The lowest BCUT2D eigenvalue weighted by Gasteiger charge is -2.26. The Morgan fingerprint density at radius 1 is 0.923 bits per heavy atom. The Labute approximate surface area is 151 Å². The minimum Gasteiger partial charge on any atom is -0.378 e. The molecule has 2 aliphatic heterocycles. The summed E-state index contributed by atoms with van der Waals surface area (Å²) in [6.45, 7) is 2.31. The highest BCUT2D eigenvalue weighted by Gasteiger charge is 2.36. The lowest BCUT2D eigenvalue weighted by molar-refractivity contribution is 0.0303. The summed E-state index contributed by atoms with van der Waals surface area (Å²) < 4.78 is 5.26. The van der Waals surface area contributed by atoms with Gasteiger partial charge in [-0.05, 0) is 23.8 Å². The Kier molecular flexibility index (Phi) is 4.26. The van der Waals surface area contributed by atoms with Gasteiger partial charge in [-0.15, -0.1) is 0 Å². The number of hydrogen-bond donors (Lipinski definition) is 0. The standard InChI is InChI=1S/C20H18N2O4/c23-18(21-8-10-26-11-9-21)15-6-7-16-17(12-15)20(25)22(19(16)24)13-14-4-2-1-3-5-14/h1-7,12H,8-11,13H2. The number of nitrogens with zero attached hydrogens (tertiary/aromatic N) is 2. The van der Waals surface area contributed by atoms with E-state index < -0.39 is 0 Å². The van der Waals surface area contributed by atoms with E-state index in [1.807, 2.05) is 30.3 Å². The van der Waals surface area contributed by atoms with Crippen LogP contribution in [-0.2, 0) is 11.3 Å². The fraction of sp³-hybridized carbons (Fsp3) is 0.250. The van der Waals surface area contributed by atoms with Crippen molar-refractivity contribution in [3.63, 3.8) is 0 Å². The maximum Gasteiger partial charge on any atom is 0.261 e. The summed E-state index contributed by atoms with van der Waals surface area (Å²) >= 11 is 0. The molecule has 26 heavy (non-hydrogen) atoms. The fourth-order valence-corrected chi connectivity index (χ4v) is 3.28. The number of rotatable bonds is 3. The Morgan fingerprint density at radius 2 is 1.62 bits per heavy atom. The number of imide groups is 1. The molecule has 0 radical (unpaired) electrons. The molecule has 2 aromatic carbocycles. The first kappa shape index (κ1) is 16.5. The van der Waals surface area contributed by atoms with Gasteiger partial charge in [-0.25, -0.2) is 0 Å². The number of morpholine rings is 1. The van der Waals surface area contributed by atoms with E-state index in [2.05, 4.69) is 0 Å². The molecule has 0 bridgehead atoms. The van der Waals surface area contributed by atoms with Gasteiger partial charge in [0.25, 0.3) is 17.7 Å². The average molecular weight is 350 g/mol. The van der Waals surface area contributed by atoms with E-state index in [4.69, 9.17) is 4.74 Å². The summed E-state index contributed by atoms with van der Waals surface area (Å²) in [4.78, 5) is 40.9. The van der Waals surface area contributed by atoms with Crippen LogP contribution in [0.15, 0.2) is 48.5 Å². The molecule has 0 aliphatic carbocycles. The van der Waals surface area contributed by atoms with Gasteiger partial charge in [0.05, 0.1) is 30.9 Å². The molecule has 132 valence electrons. The van der Waals surface area contributed by atoms with Crippen LogP contribution >= 0.6 is 0 Å². The van der Waals surface area contributed by atoms with E-state index in [0.29, 0.717) is 43.0 Å². The van der Waals surface area contributed by atoms with E-state index in [-0.39, 0.29) is 24.3 Å². The second kappa shape index (κ2) is 6.72. The second-order valence-electron chi connectivity index (χ2n) is 6.35. The van der Waals surface area contributed by atoms with Crippen LogP contribution in [0.1, 0.15) is 36.6 Å². The van der Waals surface area contributed by atoms with Crippen LogP contribution in [0.2, 0.25) is 0 Å². The second-order valence-corrected chi connectivity index (χ2v) is 6.35. The van der Waals surface area contributed by atoms with Gasteiger partial charge >= 0.3 is 0 Å². The van der Waals surface area contributed by atoms with Crippen molar-refractivity contribution in [3.05, 3.63) is 70.8 Å². The van der Waals surface area contributed by atoms with Gasteiger partial charge in [-0.1, -0.05) is 30.3 Å². The topological polar surface area (TPSA) is 66.9 Å². The molecule has 0 aromatic heterocycles. The van der Waals surface area contributed by atoms with E-state index >= 15 is 0 Å². The maximum absolute atomic E-state index is 12.7. The summed E-state index contributed by atoms with van der Waals surface area (Å²) in [6.07, 6.45) is 0. The third kappa shape index (κ3) is 2.88. The van der Waals surface area contributed by atoms with Crippen LogP contribution in [0.4, 0.5) is 0 Å². The van der Waals surface area contributed by atoms with E-state index in [1.165, 1.54) is 4.90 Å². The summed E-state index contributed by atoms with van der Waals surface area (Å²) in [6, 6.07) is 14.1. The molecule has 2 heterocycles. The molecular formula is C20H18N2O4. The number of amides is 3. The lowest BCUT2D eigenvalue weighted by Crippen LogP contribution is -2.40. The van der Waals surface area contributed by atoms with E-state index in [1.54, 1.807) is 23.1 Å². The Bertz CT molecular complexity index is 873. The Morgan fingerprint density at radius 3 is 2.35 bits per heavy atom. The summed E-state index contributed by atoms with van der Waals surface area (Å²) in [5, 5.41) is 0. The first-order chi connectivity index (χ1) is 12.6. The van der Waals surface area contributed by atoms with Crippen molar-refractivity contribution < 1.29 is 19.1 Å². The molecule has 6 heteroatoms. The normalized spacial score (nSPS) is 16.8. The molecule has 0 spiro atoms. The highest BCUT2D eigenvalue weighted by molar-refractivity contribution is 6.22. The van der Waals surface area contributed by atoms with Crippen LogP contribution in [0.25, 0.3) is 0 Å². The minimum absolute atomic E-state index is 0.141. The van der Waals surface area contributed by atoms with Gasteiger partial charge in [0.15, 0.2) is 0 Å². The molecule has 4 rings (SSSR count). The number of carbonyl (C=O) groups is 3. The van der Waals surface area contributed by atoms with Crippen molar-refractivity contribution in [2.75, 3.05) is 26.3 Å². The summed E-state index contributed by atoms with van der Waals surface area (Å²) in [5.74, 6) is -0.817. The molecule has 6 nitrogen and oxygen atoms in total. The smallest absolute Gasteiger partial charge is 0.261 e. The number of hydrogen-bond acceptors (Lipinski definition) is 4. The van der Waals surface area contributed by atoms with Gasteiger partial charge in [-0.3, -0.25) is 19.3 Å². The highest BCUT2D eigenvalue weighted by Crippen LogP contribution is 2.26. The van der Waals surface area contributed by atoms with Crippen LogP contribution in [0.3, 0.4) is 0 Å². The van der Waals surface area contributed by atoms with Crippen LogP contribution < -0.4 is 0 Å². The van der Waals surface area contributed by atoms with Crippen molar-refractivity contribution in [1.82, 2.24) is 9.80 Å². The molecule has 0 unspecified atom stereocenters. The first-order valence-corrected chi connectivity index (χ1v) is 8.56. The van der Waals surface area contributed by atoms with Crippen molar-refractivity contribution in [3.8, 4) is 0 Å². The van der Waals surface area contributed by atoms with Gasteiger partial charge in [0, 0.05) is 18.7 Å². The van der Waals surface area contributed by atoms with Gasteiger partial charge in [0.1, 0.15) is 0 Å². The molecule has 1 fully saturated rings. The van der Waals surface area contributed by atoms with Crippen LogP contribution in [-0.4, -0.2) is 53.8 Å². The molecule has 0 atom stereocenters. The molecule has 2 aliphatic rings. The first-order valence-electron chi connectivity index (χ1n) is 8.56. The highest BCUT2D eigenvalue weighted by atomic mass is 16.5. The summed E-state index contributed by atoms with van der Waals surface area (Å²) in [7, 11) is 0. The zero-order valence-corrected chi connectivity index (χ0v) is 14.2. The predicted octanol–water partition coefficient (Wildman–Crippen LogP) is 1.96. The number of fused-ring (bicyclic) bond motifs is 1. The third-order valence-electron chi connectivity index (χ3n) is 4.70. The average Bonchev–Trinajstić information content (AvgIpc) is 2.93. The van der Waals surface area contributed by atoms with Gasteiger partial charge in [-0.2, -0.15) is 0 Å². The van der Waals surface area contributed by atoms with Crippen molar-refractivity contribution in [2.24, 2.45) is 0 Å². The maximum atomic E-state index is 12.7. The van der Waals surface area contributed by atoms with Crippen molar-refractivity contribution >= 4 is 17.7 Å². The molecule has 1 saturated heterocycles. The Hall–Kier alpha value is -2.99.